The molecule has 0 aromatic heterocycles. The molecule has 4 nitrogen and oxygen atoms in total. The molecule has 21 heavy (non-hydrogen) atoms. The molecule has 0 saturated heterocycles. The van der Waals surface area contributed by atoms with E-state index in [0.717, 1.165) is 4.47 Å². The van der Waals surface area contributed by atoms with Gasteiger partial charge in [-0.3, -0.25) is 0 Å². The number of carbonyl (C=O) groups is 1. The Labute approximate surface area is 135 Å². The molecule has 2 aromatic carbocycles. The van der Waals surface area contributed by atoms with Gasteiger partial charge in [0.05, 0.1) is 0 Å². The van der Waals surface area contributed by atoms with Gasteiger partial charge in [-0.25, -0.2) is 4.79 Å². The van der Waals surface area contributed by atoms with E-state index >= 15 is 0 Å². The molecule has 0 aliphatic rings. The summed E-state index contributed by atoms with van der Waals surface area (Å²) in [4.78, 5) is 11.8. The zero-order chi connectivity index (χ0) is 15.2. The molecular formula is C15H12BrClO4. The van der Waals surface area contributed by atoms with Crippen LogP contribution in [0.25, 0.3) is 0 Å². The van der Waals surface area contributed by atoms with Gasteiger partial charge in [-0.1, -0.05) is 33.6 Å². The van der Waals surface area contributed by atoms with E-state index in [2.05, 4.69) is 15.9 Å². The number of ether oxygens (including phenoxy) is 2. The van der Waals surface area contributed by atoms with Crippen LogP contribution in [0.2, 0.25) is 5.02 Å². The number of hydrogen-bond acceptors (Lipinski definition) is 4. The summed E-state index contributed by atoms with van der Waals surface area (Å²) in [7, 11) is 0. The van der Waals surface area contributed by atoms with E-state index in [1.54, 1.807) is 6.07 Å². The first-order chi connectivity index (χ1) is 10.1. The minimum absolute atomic E-state index is 0.0324. The Bertz CT molecular complexity index is 645. The van der Waals surface area contributed by atoms with Crippen LogP contribution in [0.4, 0.5) is 0 Å². The maximum atomic E-state index is 11.8. The smallest absolute Gasteiger partial charge is 0.342 e. The van der Waals surface area contributed by atoms with Crippen LogP contribution in [-0.4, -0.2) is 24.3 Å². The summed E-state index contributed by atoms with van der Waals surface area (Å²) in [6.45, 7) is 0.279. The third kappa shape index (κ3) is 4.65. The summed E-state index contributed by atoms with van der Waals surface area (Å²) >= 11 is 9.10. The standard InChI is InChI=1S/C15H12BrClO4/c16-10-2-1-3-12(8-10)20-6-7-21-15(19)13-9-11(17)4-5-14(13)18/h1-5,8-9,18H,6-7H2. The summed E-state index contributed by atoms with van der Waals surface area (Å²) in [5.74, 6) is -0.142. The summed E-state index contributed by atoms with van der Waals surface area (Å²) in [5.41, 5.74) is 0.0324. The van der Waals surface area contributed by atoms with Crippen LogP contribution in [0.3, 0.4) is 0 Å². The summed E-state index contributed by atoms with van der Waals surface area (Å²) < 4.78 is 11.4. The zero-order valence-electron chi connectivity index (χ0n) is 10.9. The van der Waals surface area contributed by atoms with Crippen molar-refractivity contribution in [2.24, 2.45) is 0 Å². The highest BCUT2D eigenvalue weighted by Crippen LogP contribution is 2.22. The predicted octanol–water partition coefficient (Wildman–Crippen LogP) is 4.04. The Morgan fingerprint density at radius 3 is 2.76 bits per heavy atom. The molecule has 0 saturated carbocycles. The van der Waals surface area contributed by atoms with Gasteiger partial charge in [-0.15, -0.1) is 0 Å². The van der Waals surface area contributed by atoms with Crippen molar-refractivity contribution in [2.45, 2.75) is 0 Å². The third-order valence-electron chi connectivity index (χ3n) is 2.56. The number of aromatic hydroxyl groups is 1. The van der Waals surface area contributed by atoms with E-state index in [9.17, 15) is 9.90 Å². The first-order valence-corrected chi connectivity index (χ1v) is 7.27. The van der Waals surface area contributed by atoms with Crippen molar-refractivity contribution >= 4 is 33.5 Å². The molecule has 0 bridgehead atoms. The molecule has 0 heterocycles. The van der Waals surface area contributed by atoms with Crippen molar-refractivity contribution in [3.63, 3.8) is 0 Å². The highest BCUT2D eigenvalue weighted by Gasteiger charge is 2.13. The van der Waals surface area contributed by atoms with E-state index in [4.69, 9.17) is 21.1 Å². The summed E-state index contributed by atoms with van der Waals surface area (Å²) in [5, 5.41) is 9.93. The molecule has 2 rings (SSSR count). The van der Waals surface area contributed by atoms with Crippen molar-refractivity contribution in [3.05, 3.63) is 57.5 Å². The lowest BCUT2D eigenvalue weighted by atomic mass is 10.2. The summed E-state index contributed by atoms with van der Waals surface area (Å²) in [6.07, 6.45) is 0. The second-order valence-corrected chi connectivity index (χ2v) is 5.46. The van der Waals surface area contributed by atoms with Crippen LogP contribution in [0.1, 0.15) is 10.4 Å². The van der Waals surface area contributed by atoms with E-state index in [1.165, 1.54) is 18.2 Å². The molecule has 0 aliphatic heterocycles. The molecule has 0 spiro atoms. The van der Waals surface area contributed by atoms with Crippen molar-refractivity contribution in [2.75, 3.05) is 13.2 Å². The molecule has 2 aromatic rings. The number of phenolic OH excluding ortho intramolecular Hbond substituents is 1. The average molecular weight is 372 g/mol. The van der Waals surface area contributed by atoms with Crippen molar-refractivity contribution < 1.29 is 19.4 Å². The lowest BCUT2D eigenvalue weighted by molar-refractivity contribution is 0.0447. The number of phenols is 1. The first-order valence-electron chi connectivity index (χ1n) is 6.10. The van der Waals surface area contributed by atoms with Gasteiger partial charge >= 0.3 is 5.97 Å². The van der Waals surface area contributed by atoms with Crippen molar-refractivity contribution in [1.82, 2.24) is 0 Å². The normalized spacial score (nSPS) is 10.2. The lowest BCUT2D eigenvalue weighted by Gasteiger charge is -2.08. The monoisotopic (exact) mass is 370 g/mol. The van der Waals surface area contributed by atoms with Gasteiger partial charge in [0, 0.05) is 9.50 Å². The van der Waals surface area contributed by atoms with E-state index in [-0.39, 0.29) is 24.5 Å². The molecule has 0 atom stereocenters. The van der Waals surface area contributed by atoms with Crippen LogP contribution in [0.5, 0.6) is 11.5 Å². The van der Waals surface area contributed by atoms with Crippen LogP contribution in [-0.2, 0) is 4.74 Å². The molecule has 0 unspecified atom stereocenters. The minimum atomic E-state index is -0.646. The highest BCUT2D eigenvalue weighted by atomic mass is 79.9. The maximum Gasteiger partial charge on any atom is 0.342 e. The average Bonchev–Trinajstić information content (AvgIpc) is 2.46. The number of halogens is 2. The van der Waals surface area contributed by atoms with Crippen LogP contribution in [0, 0.1) is 0 Å². The number of hydrogen-bond donors (Lipinski definition) is 1. The Balaban J connectivity index is 1.83. The second-order valence-electron chi connectivity index (χ2n) is 4.10. The molecule has 0 aliphatic carbocycles. The van der Waals surface area contributed by atoms with Gasteiger partial charge in [0.15, 0.2) is 0 Å². The van der Waals surface area contributed by atoms with Crippen LogP contribution in [0.15, 0.2) is 46.9 Å². The van der Waals surface area contributed by atoms with Gasteiger partial charge in [0.2, 0.25) is 0 Å². The maximum absolute atomic E-state index is 11.8. The molecular weight excluding hydrogens is 360 g/mol. The zero-order valence-corrected chi connectivity index (χ0v) is 13.2. The van der Waals surface area contributed by atoms with Gasteiger partial charge in [0.25, 0.3) is 0 Å². The second kappa shape index (κ2) is 7.33. The SMILES string of the molecule is O=C(OCCOc1cccc(Br)c1)c1cc(Cl)ccc1O. The minimum Gasteiger partial charge on any atom is -0.507 e. The third-order valence-corrected chi connectivity index (χ3v) is 3.29. The van der Waals surface area contributed by atoms with Gasteiger partial charge < -0.3 is 14.6 Å². The van der Waals surface area contributed by atoms with Crippen LogP contribution >= 0.6 is 27.5 Å². The summed E-state index contributed by atoms with van der Waals surface area (Å²) in [6, 6.07) is 11.5. The number of benzene rings is 2. The largest absolute Gasteiger partial charge is 0.507 e. The number of rotatable bonds is 5. The number of carbonyl (C=O) groups excluding carboxylic acids is 1. The Morgan fingerprint density at radius 2 is 2.00 bits per heavy atom. The predicted molar refractivity (Wildman–Crippen MR) is 83.0 cm³/mol. The fourth-order valence-electron chi connectivity index (χ4n) is 1.60. The molecule has 0 radical (unpaired) electrons. The fourth-order valence-corrected chi connectivity index (χ4v) is 2.15. The fraction of sp³-hybridized carbons (Fsp3) is 0.133. The molecule has 0 amide bonds. The Morgan fingerprint density at radius 1 is 1.19 bits per heavy atom. The van der Waals surface area contributed by atoms with E-state index < -0.39 is 5.97 Å². The van der Waals surface area contributed by atoms with Crippen molar-refractivity contribution in [3.8, 4) is 11.5 Å². The van der Waals surface area contributed by atoms with Crippen molar-refractivity contribution in [1.29, 1.82) is 0 Å². The van der Waals surface area contributed by atoms with Crippen LogP contribution < -0.4 is 4.74 Å². The quantitative estimate of drug-likeness (QED) is 0.636. The Kier molecular flexibility index (Phi) is 5.47. The number of esters is 1. The first kappa shape index (κ1) is 15.7. The Hall–Kier alpha value is -1.72. The van der Waals surface area contributed by atoms with Gasteiger partial charge in [-0.05, 0) is 36.4 Å². The topological polar surface area (TPSA) is 55.8 Å². The van der Waals surface area contributed by atoms with E-state index in [1.807, 2.05) is 18.2 Å². The van der Waals surface area contributed by atoms with Gasteiger partial charge in [0.1, 0.15) is 30.3 Å². The molecule has 0 fully saturated rings. The molecule has 1 N–H and O–H groups in total. The van der Waals surface area contributed by atoms with Gasteiger partial charge in [-0.2, -0.15) is 0 Å². The molecule has 6 heteroatoms. The molecule has 110 valence electrons. The highest BCUT2D eigenvalue weighted by molar-refractivity contribution is 9.10. The van der Waals surface area contributed by atoms with E-state index in [0.29, 0.717) is 10.8 Å². The lowest BCUT2D eigenvalue weighted by Crippen LogP contribution is -2.12.